The van der Waals surface area contributed by atoms with Gasteiger partial charge in [-0.15, -0.1) is 0 Å². The van der Waals surface area contributed by atoms with Gasteiger partial charge in [-0.2, -0.15) is 0 Å². The number of nitrogens with zero attached hydrogens (tertiary/aromatic N) is 2. The lowest BCUT2D eigenvalue weighted by Gasteiger charge is -2.14. The topological polar surface area (TPSA) is 54.5 Å². The monoisotopic (exact) mass is 287 g/mol. The molecule has 5 heteroatoms. The molecule has 0 bridgehead atoms. The molecule has 1 heterocycles. The fraction of sp³-hybridized carbons (Fsp3) is 0.375. The number of hydrogen-bond donors (Lipinski definition) is 1. The summed E-state index contributed by atoms with van der Waals surface area (Å²) in [6.07, 6.45) is 0.184. The summed E-state index contributed by atoms with van der Waals surface area (Å²) < 4.78 is 4.71. The van der Waals surface area contributed by atoms with E-state index in [2.05, 4.69) is 15.2 Å². The van der Waals surface area contributed by atoms with Crippen LogP contribution in [0.15, 0.2) is 30.3 Å². The number of fused-ring (bicyclic) bond motifs is 1. The molecule has 0 aliphatic carbocycles. The number of aromatic nitrogens is 1. The van der Waals surface area contributed by atoms with Gasteiger partial charge in [-0.25, -0.2) is 0 Å². The molecule has 0 saturated heterocycles. The van der Waals surface area contributed by atoms with Crippen LogP contribution in [-0.4, -0.2) is 50.1 Å². The number of hydrogen-bond acceptors (Lipinski definition) is 5. The molecule has 0 spiro atoms. The Morgan fingerprint density at radius 1 is 1.33 bits per heavy atom. The number of carbonyl (C=O) groups excluding carboxylic acids is 1. The van der Waals surface area contributed by atoms with Crippen molar-refractivity contribution in [2.24, 2.45) is 0 Å². The lowest BCUT2D eigenvalue weighted by Crippen LogP contribution is -2.21. The van der Waals surface area contributed by atoms with Crippen molar-refractivity contribution < 1.29 is 9.53 Å². The van der Waals surface area contributed by atoms with Crippen LogP contribution in [0.4, 0.5) is 5.69 Å². The van der Waals surface area contributed by atoms with E-state index in [-0.39, 0.29) is 12.4 Å². The minimum Gasteiger partial charge on any atom is -0.469 e. The number of pyridine rings is 1. The Morgan fingerprint density at radius 3 is 2.81 bits per heavy atom. The second kappa shape index (κ2) is 7.04. The largest absolute Gasteiger partial charge is 0.469 e. The van der Waals surface area contributed by atoms with Crippen LogP contribution in [0.1, 0.15) is 5.69 Å². The van der Waals surface area contributed by atoms with E-state index in [4.69, 9.17) is 4.74 Å². The Kier molecular flexibility index (Phi) is 5.11. The molecule has 0 atom stereocenters. The first kappa shape index (κ1) is 15.3. The lowest BCUT2D eigenvalue weighted by molar-refractivity contribution is -0.139. The van der Waals surface area contributed by atoms with Gasteiger partial charge in [0.25, 0.3) is 0 Å². The van der Waals surface area contributed by atoms with Crippen LogP contribution in [0, 0.1) is 0 Å². The smallest absolute Gasteiger partial charge is 0.311 e. The number of para-hydroxylation sites is 1. The number of esters is 1. The molecule has 2 rings (SSSR count). The fourth-order valence-corrected chi connectivity index (χ4v) is 2.10. The number of rotatable bonds is 6. The highest BCUT2D eigenvalue weighted by Gasteiger charge is 2.09. The Hall–Kier alpha value is -2.14. The first-order valence-corrected chi connectivity index (χ1v) is 6.94. The van der Waals surface area contributed by atoms with Gasteiger partial charge >= 0.3 is 5.97 Å². The number of benzene rings is 1. The molecule has 1 N–H and O–H groups in total. The van der Waals surface area contributed by atoms with E-state index in [9.17, 15) is 4.79 Å². The Balaban J connectivity index is 2.29. The van der Waals surface area contributed by atoms with Crippen molar-refractivity contribution >= 4 is 22.6 Å². The summed E-state index contributed by atoms with van der Waals surface area (Å²) in [4.78, 5) is 18.1. The van der Waals surface area contributed by atoms with Crippen molar-refractivity contribution in [2.45, 2.75) is 6.42 Å². The molecule has 0 amide bonds. The van der Waals surface area contributed by atoms with E-state index in [0.717, 1.165) is 29.7 Å². The number of anilines is 1. The van der Waals surface area contributed by atoms with Crippen molar-refractivity contribution in [1.82, 2.24) is 9.88 Å². The van der Waals surface area contributed by atoms with Crippen molar-refractivity contribution in [3.63, 3.8) is 0 Å². The maximum absolute atomic E-state index is 11.4. The number of carbonyl (C=O) groups is 1. The zero-order valence-corrected chi connectivity index (χ0v) is 12.7. The zero-order chi connectivity index (χ0) is 15.2. The third-order valence-electron chi connectivity index (χ3n) is 3.20. The molecule has 21 heavy (non-hydrogen) atoms. The predicted octanol–water partition coefficient (Wildman–Crippen LogP) is 1.92. The number of likely N-dealkylation sites (N-methyl/N-ethyl adjacent to an activating group) is 1. The molecule has 0 saturated carbocycles. The minimum atomic E-state index is -0.281. The molecule has 0 radical (unpaired) electrons. The van der Waals surface area contributed by atoms with Gasteiger partial charge in [-0.1, -0.05) is 18.2 Å². The highest BCUT2D eigenvalue weighted by Crippen LogP contribution is 2.23. The van der Waals surface area contributed by atoms with Gasteiger partial charge in [-0.3, -0.25) is 9.78 Å². The van der Waals surface area contributed by atoms with E-state index in [1.165, 1.54) is 7.11 Å². The summed E-state index contributed by atoms with van der Waals surface area (Å²) in [6, 6.07) is 9.84. The molecule has 0 fully saturated rings. The summed E-state index contributed by atoms with van der Waals surface area (Å²) in [6.45, 7) is 1.77. The molecular weight excluding hydrogens is 266 g/mol. The highest BCUT2D eigenvalue weighted by molar-refractivity contribution is 5.92. The van der Waals surface area contributed by atoms with E-state index in [0.29, 0.717) is 5.69 Å². The summed E-state index contributed by atoms with van der Waals surface area (Å²) in [5, 5.41) is 4.48. The zero-order valence-electron chi connectivity index (χ0n) is 12.7. The molecule has 2 aromatic rings. The number of nitrogens with one attached hydrogen (secondary N) is 1. The molecule has 0 unspecified atom stereocenters. The number of methoxy groups -OCH3 is 1. The van der Waals surface area contributed by atoms with Crippen LogP contribution in [-0.2, 0) is 16.0 Å². The molecule has 5 nitrogen and oxygen atoms in total. The maximum atomic E-state index is 11.4. The van der Waals surface area contributed by atoms with Crippen LogP contribution < -0.4 is 5.32 Å². The second-order valence-corrected chi connectivity index (χ2v) is 5.16. The molecule has 0 aliphatic rings. The summed E-state index contributed by atoms with van der Waals surface area (Å²) in [5.74, 6) is -0.281. The molecular formula is C16H21N3O2. The SMILES string of the molecule is COC(=O)Cc1cc(NCCN(C)C)c2ccccc2n1. The van der Waals surface area contributed by atoms with Gasteiger partial charge in [0.1, 0.15) is 0 Å². The maximum Gasteiger partial charge on any atom is 0.311 e. The molecule has 0 aliphatic heterocycles. The van der Waals surface area contributed by atoms with Crippen LogP contribution >= 0.6 is 0 Å². The Labute approximate surface area is 124 Å². The van der Waals surface area contributed by atoms with Gasteiger partial charge in [0, 0.05) is 24.2 Å². The third-order valence-corrected chi connectivity index (χ3v) is 3.20. The van der Waals surface area contributed by atoms with E-state index in [1.54, 1.807) is 0 Å². The third kappa shape index (κ3) is 4.16. The average molecular weight is 287 g/mol. The molecule has 1 aromatic heterocycles. The Bertz CT molecular complexity index is 626. The summed E-state index contributed by atoms with van der Waals surface area (Å²) >= 11 is 0. The first-order valence-electron chi connectivity index (χ1n) is 6.94. The molecule has 112 valence electrons. The van der Waals surface area contributed by atoms with Gasteiger partial charge in [-0.05, 0) is 26.2 Å². The van der Waals surface area contributed by atoms with E-state index in [1.807, 2.05) is 44.4 Å². The first-order chi connectivity index (χ1) is 10.1. The minimum absolute atomic E-state index is 0.184. The van der Waals surface area contributed by atoms with Crippen molar-refractivity contribution in [2.75, 3.05) is 39.6 Å². The Morgan fingerprint density at radius 2 is 2.10 bits per heavy atom. The van der Waals surface area contributed by atoms with Crippen LogP contribution in [0.2, 0.25) is 0 Å². The van der Waals surface area contributed by atoms with Crippen molar-refractivity contribution in [3.05, 3.63) is 36.0 Å². The lowest BCUT2D eigenvalue weighted by atomic mass is 10.1. The predicted molar refractivity (Wildman–Crippen MR) is 84.5 cm³/mol. The normalized spacial score (nSPS) is 10.9. The van der Waals surface area contributed by atoms with Crippen molar-refractivity contribution in [3.8, 4) is 0 Å². The fourth-order valence-electron chi connectivity index (χ4n) is 2.10. The van der Waals surface area contributed by atoms with Crippen LogP contribution in [0.5, 0.6) is 0 Å². The average Bonchev–Trinajstić information content (AvgIpc) is 2.46. The van der Waals surface area contributed by atoms with Crippen LogP contribution in [0.3, 0.4) is 0 Å². The molecule has 1 aromatic carbocycles. The summed E-state index contributed by atoms with van der Waals surface area (Å²) in [5.41, 5.74) is 2.60. The number of ether oxygens (including phenoxy) is 1. The van der Waals surface area contributed by atoms with E-state index < -0.39 is 0 Å². The van der Waals surface area contributed by atoms with Gasteiger partial charge in [0.15, 0.2) is 0 Å². The van der Waals surface area contributed by atoms with Gasteiger partial charge in [0.05, 0.1) is 24.7 Å². The van der Waals surface area contributed by atoms with Gasteiger partial charge < -0.3 is 15.0 Å². The van der Waals surface area contributed by atoms with Gasteiger partial charge in [0.2, 0.25) is 0 Å². The quantitative estimate of drug-likeness (QED) is 0.823. The highest BCUT2D eigenvalue weighted by atomic mass is 16.5. The summed E-state index contributed by atoms with van der Waals surface area (Å²) in [7, 11) is 5.46. The van der Waals surface area contributed by atoms with E-state index >= 15 is 0 Å². The standard InChI is InChI=1S/C16H21N3O2/c1-19(2)9-8-17-15-10-12(11-16(20)21-3)18-14-7-5-4-6-13(14)15/h4-7,10H,8-9,11H2,1-3H3,(H,17,18). The van der Waals surface area contributed by atoms with Crippen LogP contribution in [0.25, 0.3) is 10.9 Å². The second-order valence-electron chi connectivity index (χ2n) is 5.16. The van der Waals surface area contributed by atoms with Crippen molar-refractivity contribution in [1.29, 1.82) is 0 Å².